The topological polar surface area (TPSA) is 66.4 Å². The zero-order valence-corrected chi connectivity index (χ0v) is 12.7. The Balaban J connectivity index is 1.45. The van der Waals surface area contributed by atoms with Crippen molar-refractivity contribution in [3.63, 3.8) is 0 Å². The zero-order chi connectivity index (χ0) is 14.8. The van der Waals surface area contributed by atoms with Crippen molar-refractivity contribution in [3.05, 3.63) is 0 Å². The number of carbonyl (C=O) groups excluding carboxylic acids is 1. The zero-order valence-electron chi connectivity index (χ0n) is 12.7. The van der Waals surface area contributed by atoms with Crippen LogP contribution in [0.5, 0.6) is 0 Å². The van der Waals surface area contributed by atoms with Crippen molar-refractivity contribution in [2.75, 3.05) is 0 Å². The van der Waals surface area contributed by atoms with Gasteiger partial charge in [-0.15, -0.1) is 0 Å². The normalized spacial score (nSPS) is 50.5. The minimum atomic E-state index is -0.756. The lowest BCUT2D eigenvalue weighted by molar-refractivity contribution is -0.146. The van der Waals surface area contributed by atoms with E-state index >= 15 is 0 Å². The van der Waals surface area contributed by atoms with Crippen LogP contribution in [0.15, 0.2) is 0 Å². The quantitative estimate of drug-likeness (QED) is 0.839. The number of hydrogen-bond donors (Lipinski definition) is 2. The van der Waals surface area contributed by atoms with Gasteiger partial charge in [0.15, 0.2) is 0 Å². The van der Waals surface area contributed by atoms with E-state index in [1.165, 1.54) is 19.3 Å². The van der Waals surface area contributed by atoms with E-state index in [4.69, 9.17) is 0 Å². The highest BCUT2D eigenvalue weighted by molar-refractivity contribution is 5.84. The van der Waals surface area contributed by atoms with Gasteiger partial charge in [0.25, 0.3) is 0 Å². The summed E-state index contributed by atoms with van der Waals surface area (Å²) in [5.74, 6) is 1.98. The van der Waals surface area contributed by atoms with Gasteiger partial charge in [0, 0.05) is 5.92 Å². The third-order valence-electron chi connectivity index (χ3n) is 6.95. The van der Waals surface area contributed by atoms with Crippen LogP contribution in [0, 0.1) is 35.5 Å². The predicted octanol–water partition coefficient (Wildman–Crippen LogP) is 2.43. The largest absolute Gasteiger partial charge is 0.481 e. The molecule has 4 nitrogen and oxygen atoms in total. The molecule has 0 aromatic carbocycles. The number of amides is 1. The molecule has 4 fully saturated rings. The Morgan fingerprint density at radius 1 is 1.10 bits per heavy atom. The third-order valence-corrected chi connectivity index (χ3v) is 6.95. The summed E-state index contributed by atoms with van der Waals surface area (Å²) in [5, 5.41) is 12.6. The van der Waals surface area contributed by atoms with E-state index in [-0.39, 0.29) is 11.8 Å². The Labute approximate surface area is 125 Å². The molecule has 4 saturated carbocycles. The van der Waals surface area contributed by atoms with Crippen molar-refractivity contribution < 1.29 is 14.7 Å². The second-order valence-electron chi connectivity index (χ2n) is 8.06. The molecule has 2 bridgehead atoms. The molecule has 0 spiro atoms. The van der Waals surface area contributed by atoms with E-state index in [1.54, 1.807) is 0 Å². The van der Waals surface area contributed by atoms with E-state index in [0.29, 0.717) is 18.3 Å². The number of nitrogens with one attached hydrogen (secondary N) is 1. The highest BCUT2D eigenvalue weighted by Crippen LogP contribution is 2.69. The Morgan fingerprint density at radius 2 is 1.76 bits per heavy atom. The fourth-order valence-electron chi connectivity index (χ4n) is 5.92. The second-order valence-corrected chi connectivity index (χ2v) is 8.06. The van der Waals surface area contributed by atoms with Crippen LogP contribution >= 0.6 is 0 Å². The molecule has 116 valence electrons. The molecule has 6 atom stereocenters. The van der Waals surface area contributed by atoms with E-state index in [9.17, 15) is 14.7 Å². The number of carboxylic acids is 1. The van der Waals surface area contributed by atoms with Gasteiger partial charge in [0.1, 0.15) is 0 Å². The van der Waals surface area contributed by atoms with Crippen LogP contribution in [0.25, 0.3) is 0 Å². The average molecular weight is 291 g/mol. The van der Waals surface area contributed by atoms with Gasteiger partial charge in [0.05, 0.1) is 11.5 Å². The van der Waals surface area contributed by atoms with Crippen molar-refractivity contribution >= 4 is 11.9 Å². The van der Waals surface area contributed by atoms with Crippen LogP contribution in [0.2, 0.25) is 0 Å². The molecule has 1 amide bonds. The minimum absolute atomic E-state index is 0.150. The van der Waals surface area contributed by atoms with Gasteiger partial charge in [-0.2, -0.15) is 0 Å². The lowest BCUT2D eigenvalue weighted by atomic mass is 9.73. The molecule has 4 rings (SSSR count). The Hall–Kier alpha value is -1.06. The van der Waals surface area contributed by atoms with Crippen LogP contribution in [0.4, 0.5) is 0 Å². The highest BCUT2D eigenvalue weighted by Gasteiger charge is 2.67. The molecule has 4 heteroatoms. The molecule has 0 aromatic heterocycles. The van der Waals surface area contributed by atoms with Gasteiger partial charge in [-0.05, 0) is 62.7 Å². The third kappa shape index (κ3) is 1.94. The van der Waals surface area contributed by atoms with Gasteiger partial charge >= 0.3 is 5.97 Å². The summed E-state index contributed by atoms with van der Waals surface area (Å²) < 4.78 is 0. The van der Waals surface area contributed by atoms with Gasteiger partial charge in [-0.1, -0.05) is 12.8 Å². The first-order valence-electron chi connectivity index (χ1n) is 8.56. The molecule has 0 saturated heterocycles. The van der Waals surface area contributed by atoms with Gasteiger partial charge in [-0.25, -0.2) is 0 Å². The molecule has 0 aliphatic heterocycles. The summed E-state index contributed by atoms with van der Waals surface area (Å²) in [6.45, 7) is 1.94. The molecule has 4 aliphatic rings. The molecular formula is C17H25NO3. The smallest absolute Gasteiger partial charge is 0.308 e. The van der Waals surface area contributed by atoms with Crippen molar-refractivity contribution in [3.8, 4) is 0 Å². The second kappa shape index (κ2) is 4.47. The number of rotatable bonds is 3. The Morgan fingerprint density at radius 3 is 2.38 bits per heavy atom. The minimum Gasteiger partial charge on any atom is -0.481 e. The lowest BCUT2D eigenvalue weighted by Crippen LogP contribution is -2.56. The Bertz CT molecular complexity index is 474. The molecule has 0 aromatic rings. The van der Waals surface area contributed by atoms with Crippen molar-refractivity contribution in [1.29, 1.82) is 0 Å². The van der Waals surface area contributed by atoms with Gasteiger partial charge < -0.3 is 10.4 Å². The molecule has 4 aliphatic carbocycles. The van der Waals surface area contributed by atoms with Crippen molar-refractivity contribution in [2.24, 2.45) is 35.5 Å². The first kappa shape index (κ1) is 13.6. The first-order valence-corrected chi connectivity index (χ1v) is 8.56. The SMILES string of the molecule is CC1(NC(=O)C2C3C4CCC(C4)C23)CCCCC1C(=O)O. The predicted molar refractivity (Wildman–Crippen MR) is 77.4 cm³/mol. The molecule has 0 heterocycles. The maximum Gasteiger partial charge on any atom is 0.308 e. The van der Waals surface area contributed by atoms with E-state index < -0.39 is 17.4 Å². The summed E-state index contributed by atoms with van der Waals surface area (Å²) in [4.78, 5) is 24.2. The van der Waals surface area contributed by atoms with Gasteiger partial charge in [0.2, 0.25) is 5.91 Å². The number of carbonyl (C=O) groups is 2. The summed E-state index contributed by atoms with van der Waals surface area (Å²) in [5.41, 5.74) is -0.545. The molecule has 21 heavy (non-hydrogen) atoms. The van der Waals surface area contributed by atoms with Crippen LogP contribution in [0.1, 0.15) is 51.9 Å². The number of fused-ring (bicyclic) bond motifs is 5. The number of aliphatic carboxylic acids is 1. The Kier molecular flexibility index (Phi) is 2.89. The molecular weight excluding hydrogens is 266 g/mol. The first-order chi connectivity index (χ1) is 10.0. The highest BCUT2D eigenvalue weighted by atomic mass is 16.4. The van der Waals surface area contributed by atoms with Crippen LogP contribution in [0.3, 0.4) is 0 Å². The molecule has 2 N–H and O–H groups in total. The monoisotopic (exact) mass is 291 g/mol. The number of hydrogen-bond acceptors (Lipinski definition) is 2. The lowest BCUT2D eigenvalue weighted by Gasteiger charge is -2.40. The fraction of sp³-hybridized carbons (Fsp3) is 0.882. The van der Waals surface area contributed by atoms with Crippen LogP contribution in [-0.4, -0.2) is 22.5 Å². The van der Waals surface area contributed by atoms with Crippen molar-refractivity contribution in [2.45, 2.75) is 57.4 Å². The standard InChI is InChI=1S/C17H25NO3/c1-17(7-3-2-4-11(17)16(20)21)18-15(19)14-12-9-5-6-10(8-9)13(12)14/h9-14H,2-8H2,1H3,(H,18,19)(H,20,21). The van der Waals surface area contributed by atoms with E-state index in [1.807, 2.05) is 6.92 Å². The van der Waals surface area contributed by atoms with E-state index in [2.05, 4.69) is 5.32 Å². The van der Waals surface area contributed by atoms with E-state index in [0.717, 1.165) is 31.1 Å². The average Bonchev–Trinajstić information content (AvgIpc) is 2.88. The van der Waals surface area contributed by atoms with Gasteiger partial charge in [-0.3, -0.25) is 9.59 Å². The van der Waals surface area contributed by atoms with Crippen molar-refractivity contribution in [1.82, 2.24) is 5.32 Å². The maximum absolute atomic E-state index is 12.7. The summed E-state index contributed by atoms with van der Waals surface area (Å²) in [6.07, 6.45) is 7.42. The molecule has 0 radical (unpaired) electrons. The molecule has 6 unspecified atom stereocenters. The summed E-state index contributed by atoms with van der Waals surface area (Å²) >= 11 is 0. The fourth-order valence-corrected chi connectivity index (χ4v) is 5.92. The number of carboxylic acid groups (broad SMARTS) is 1. The summed E-state index contributed by atoms with van der Waals surface area (Å²) in [6, 6.07) is 0. The maximum atomic E-state index is 12.7. The van der Waals surface area contributed by atoms with Crippen LogP contribution in [-0.2, 0) is 9.59 Å². The summed E-state index contributed by atoms with van der Waals surface area (Å²) in [7, 11) is 0. The van der Waals surface area contributed by atoms with Crippen LogP contribution < -0.4 is 5.32 Å².